The summed E-state index contributed by atoms with van der Waals surface area (Å²) in [6.07, 6.45) is 4.65. The van der Waals surface area contributed by atoms with Crippen LogP contribution in [0.15, 0.2) is 83.2 Å². The first kappa shape index (κ1) is 14.3. The fraction of sp³-hybridized carbons (Fsp3) is 0.200. The van der Waals surface area contributed by atoms with E-state index in [0.717, 1.165) is 12.8 Å². The second kappa shape index (κ2) is 6.41. The molecule has 0 nitrogen and oxygen atoms in total. The van der Waals surface area contributed by atoms with E-state index in [4.69, 9.17) is 0 Å². The number of hydrogen-bond acceptors (Lipinski definition) is 0. The largest absolute Gasteiger partial charge is 0.0768 e. The van der Waals surface area contributed by atoms with Gasteiger partial charge in [0.15, 0.2) is 0 Å². The van der Waals surface area contributed by atoms with Gasteiger partial charge in [-0.15, -0.1) is 0 Å². The Balaban J connectivity index is 2.13. The van der Waals surface area contributed by atoms with Gasteiger partial charge in [-0.1, -0.05) is 79.2 Å². The van der Waals surface area contributed by atoms with Crippen LogP contribution in [-0.2, 0) is 0 Å². The zero-order valence-corrected chi connectivity index (χ0v) is 13.6. The zero-order valence-electron chi connectivity index (χ0n) is 12.7. The molecule has 0 unspecified atom stereocenters. The molecule has 1 aliphatic rings. The first-order valence-electron chi connectivity index (χ1n) is 7.60. The van der Waals surface area contributed by atoms with Crippen molar-refractivity contribution in [1.29, 1.82) is 0 Å². The SMILES string of the molecule is CCC1=C(P(c2ccccc2)c2ccccc2)CC=C1C. The van der Waals surface area contributed by atoms with Gasteiger partial charge in [0.1, 0.15) is 0 Å². The number of benzene rings is 2. The molecule has 106 valence electrons. The lowest BCUT2D eigenvalue weighted by Gasteiger charge is -2.22. The molecule has 0 heterocycles. The number of rotatable bonds is 4. The summed E-state index contributed by atoms with van der Waals surface area (Å²) in [7, 11) is -0.396. The van der Waals surface area contributed by atoms with Gasteiger partial charge < -0.3 is 0 Å². The van der Waals surface area contributed by atoms with Crippen LogP contribution in [0.1, 0.15) is 26.7 Å². The van der Waals surface area contributed by atoms with Crippen molar-refractivity contribution in [2.45, 2.75) is 26.7 Å². The zero-order chi connectivity index (χ0) is 14.7. The number of allylic oxidation sites excluding steroid dienone is 4. The van der Waals surface area contributed by atoms with Gasteiger partial charge in [-0.05, 0) is 49.2 Å². The van der Waals surface area contributed by atoms with Crippen molar-refractivity contribution in [2.75, 3.05) is 0 Å². The van der Waals surface area contributed by atoms with E-state index in [2.05, 4.69) is 80.6 Å². The predicted molar refractivity (Wildman–Crippen MR) is 94.8 cm³/mol. The Morgan fingerprint density at radius 2 is 1.38 bits per heavy atom. The molecule has 0 atom stereocenters. The third kappa shape index (κ3) is 2.87. The van der Waals surface area contributed by atoms with E-state index in [1.807, 2.05) is 0 Å². The van der Waals surface area contributed by atoms with Crippen LogP contribution in [0.3, 0.4) is 0 Å². The average Bonchev–Trinajstić information content (AvgIpc) is 2.90. The van der Waals surface area contributed by atoms with Gasteiger partial charge in [0, 0.05) is 0 Å². The van der Waals surface area contributed by atoms with Crippen molar-refractivity contribution >= 4 is 18.5 Å². The Hall–Kier alpha value is -1.65. The molecule has 0 fully saturated rings. The fourth-order valence-electron chi connectivity index (χ4n) is 3.05. The van der Waals surface area contributed by atoms with Crippen LogP contribution in [-0.4, -0.2) is 0 Å². The van der Waals surface area contributed by atoms with E-state index in [1.54, 1.807) is 10.9 Å². The summed E-state index contributed by atoms with van der Waals surface area (Å²) in [6.45, 7) is 4.54. The van der Waals surface area contributed by atoms with Gasteiger partial charge in [0.2, 0.25) is 0 Å². The Labute approximate surface area is 129 Å². The van der Waals surface area contributed by atoms with E-state index < -0.39 is 7.92 Å². The van der Waals surface area contributed by atoms with E-state index in [-0.39, 0.29) is 0 Å². The van der Waals surface area contributed by atoms with Crippen LogP contribution in [0.5, 0.6) is 0 Å². The summed E-state index contributed by atoms with van der Waals surface area (Å²) >= 11 is 0. The van der Waals surface area contributed by atoms with Crippen molar-refractivity contribution in [2.24, 2.45) is 0 Å². The molecular weight excluding hydrogens is 271 g/mol. The molecule has 2 aromatic rings. The van der Waals surface area contributed by atoms with Crippen molar-refractivity contribution in [1.82, 2.24) is 0 Å². The maximum absolute atomic E-state index is 2.40. The molecule has 0 bridgehead atoms. The van der Waals surface area contributed by atoms with Crippen molar-refractivity contribution < 1.29 is 0 Å². The van der Waals surface area contributed by atoms with Gasteiger partial charge in [-0.2, -0.15) is 0 Å². The molecule has 0 aromatic heterocycles. The van der Waals surface area contributed by atoms with Gasteiger partial charge in [0.25, 0.3) is 0 Å². The summed E-state index contributed by atoms with van der Waals surface area (Å²) in [5.74, 6) is 0. The average molecular weight is 292 g/mol. The molecule has 0 aliphatic heterocycles. The topological polar surface area (TPSA) is 0 Å². The van der Waals surface area contributed by atoms with Gasteiger partial charge >= 0.3 is 0 Å². The molecule has 0 spiro atoms. The molecule has 21 heavy (non-hydrogen) atoms. The Kier molecular flexibility index (Phi) is 4.36. The van der Waals surface area contributed by atoms with Gasteiger partial charge in [-0.3, -0.25) is 0 Å². The third-order valence-electron chi connectivity index (χ3n) is 4.08. The predicted octanol–water partition coefficient (Wildman–Crippen LogP) is 5.13. The Bertz CT molecular complexity index is 626. The molecule has 0 amide bonds. The van der Waals surface area contributed by atoms with Crippen molar-refractivity contribution in [3.8, 4) is 0 Å². The van der Waals surface area contributed by atoms with Crippen LogP contribution in [0.25, 0.3) is 0 Å². The van der Waals surface area contributed by atoms with Crippen LogP contribution >= 0.6 is 7.92 Å². The highest BCUT2D eigenvalue weighted by Crippen LogP contribution is 2.50. The highest BCUT2D eigenvalue weighted by Gasteiger charge is 2.24. The minimum Gasteiger partial charge on any atom is -0.0768 e. The maximum atomic E-state index is 2.40. The van der Waals surface area contributed by atoms with Crippen molar-refractivity contribution in [3.63, 3.8) is 0 Å². The lowest BCUT2D eigenvalue weighted by atomic mass is 10.1. The molecular formula is C20H21P. The minimum atomic E-state index is -0.396. The Morgan fingerprint density at radius 3 is 1.86 bits per heavy atom. The quantitative estimate of drug-likeness (QED) is 0.685. The molecule has 0 N–H and O–H groups in total. The smallest absolute Gasteiger partial charge is 0.00780 e. The first-order chi connectivity index (χ1) is 10.3. The summed E-state index contributed by atoms with van der Waals surface area (Å²) < 4.78 is 0. The molecule has 0 radical (unpaired) electrons. The fourth-order valence-corrected chi connectivity index (χ4v) is 5.79. The van der Waals surface area contributed by atoms with Crippen LogP contribution < -0.4 is 10.6 Å². The molecule has 2 aromatic carbocycles. The monoisotopic (exact) mass is 292 g/mol. The molecule has 0 saturated carbocycles. The second-order valence-corrected chi connectivity index (χ2v) is 7.62. The molecule has 1 heteroatoms. The lowest BCUT2D eigenvalue weighted by Crippen LogP contribution is -2.13. The van der Waals surface area contributed by atoms with Gasteiger partial charge in [-0.25, -0.2) is 0 Å². The van der Waals surface area contributed by atoms with Gasteiger partial charge in [0.05, 0.1) is 0 Å². The van der Waals surface area contributed by atoms with E-state index in [1.165, 1.54) is 16.2 Å². The standard InChI is InChI=1S/C20H21P/c1-3-19-16(2)14-15-20(19)21(17-10-6-4-7-11-17)18-12-8-5-9-13-18/h4-14H,3,15H2,1-2H3. The highest BCUT2D eigenvalue weighted by atomic mass is 31.1. The summed E-state index contributed by atoms with van der Waals surface area (Å²) in [5, 5.41) is 4.56. The maximum Gasteiger partial charge on any atom is -0.00780 e. The van der Waals surface area contributed by atoms with E-state index in [9.17, 15) is 0 Å². The Morgan fingerprint density at radius 1 is 0.857 bits per heavy atom. The number of hydrogen-bond donors (Lipinski definition) is 0. The summed E-state index contributed by atoms with van der Waals surface area (Å²) in [5.41, 5.74) is 3.06. The van der Waals surface area contributed by atoms with E-state index in [0.29, 0.717) is 0 Å². The lowest BCUT2D eigenvalue weighted by molar-refractivity contribution is 1.11. The minimum absolute atomic E-state index is 0.396. The normalized spacial score (nSPS) is 14.7. The summed E-state index contributed by atoms with van der Waals surface area (Å²) in [4.78, 5) is 0. The van der Waals surface area contributed by atoms with Crippen LogP contribution in [0.4, 0.5) is 0 Å². The van der Waals surface area contributed by atoms with Crippen LogP contribution in [0, 0.1) is 0 Å². The molecule has 1 aliphatic carbocycles. The highest BCUT2D eigenvalue weighted by molar-refractivity contribution is 7.76. The molecule has 3 rings (SSSR count). The summed E-state index contributed by atoms with van der Waals surface area (Å²) in [6, 6.07) is 22.0. The molecule has 0 saturated heterocycles. The van der Waals surface area contributed by atoms with E-state index >= 15 is 0 Å². The van der Waals surface area contributed by atoms with Crippen LogP contribution in [0.2, 0.25) is 0 Å². The van der Waals surface area contributed by atoms with Crippen molar-refractivity contribution in [3.05, 3.63) is 83.2 Å². The second-order valence-electron chi connectivity index (χ2n) is 5.38. The first-order valence-corrected chi connectivity index (χ1v) is 8.94. The third-order valence-corrected chi connectivity index (χ3v) is 6.70.